The lowest BCUT2D eigenvalue weighted by molar-refractivity contribution is 0.0697. The molecule has 6 heteroatoms. The highest BCUT2D eigenvalue weighted by atomic mass is 35.5. The van der Waals surface area contributed by atoms with E-state index in [0.29, 0.717) is 18.8 Å². The van der Waals surface area contributed by atoms with Gasteiger partial charge in [0.25, 0.3) is 0 Å². The zero-order valence-electron chi connectivity index (χ0n) is 9.48. The number of hydrogen-bond acceptors (Lipinski definition) is 4. The summed E-state index contributed by atoms with van der Waals surface area (Å²) in [4.78, 5) is 14.7. The van der Waals surface area contributed by atoms with Crippen LogP contribution in [0.3, 0.4) is 0 Å². The van der Waals surface area contributed by atoms with E-state index in [1.165, 1.54) is 12.1 Å². The molecular weight excluding hydrogens is 244 g/mol. The summed E-state index contributed by atoms with van der Waals surface area (Å²) in [5.41, 5.74) is 0.0671. The molecule has 0 aromatic carbocycles. The molecule has 5 nitrogen and oxygen atoms in total. The molecule has 1 unspecified atom stereocenters. The fourth-order valence-electron chi connectivity index (χ4n) is 1.37. The van der Waals surface area contributed by atoms with Gasteiger partial charge in [0.15, 0.2) is 0 Å². The molecule has 1 aromatic heterocycles. The van der Waals surface area contributed by atoms with E-state index in [0.717, 1.165) is 6.42 Å². The molecule has 94 valence electrons. The predicted molar refractivity (Wildman–Crippen MR) is 65.6 cm³/mol. The molecule has 0 spiro atoms. The summed E-state index contributed by atoms with van der Waals surface area (Å²) in [6, 6.07) is 2.66. The molecule has 3 N–H and O–H groups in total. The fourth-order valence-corrected chi connectivity index (χ4v) is 1.58. The summed E-state index contributed by atoms with van der Waals surface area (Å²) in [5.74, 6) is -0.712. The van der Waals surface area contributed by atoms with Crippen molar-refractivity contribution >= 4 is 23.4 Å². The van der Waals surface area contributed by atoms with Crippen LogP contribution in [0.4, 0.5) is 5.82 Å². The van der Waals surface area contributed by atoms with Crippen molar-refractivity contribution < 1.29 is 15.0 Å². The van der Waals surface area contributed by atoms with E-state index in [9.17, 15) is 9.90 Å². The maximum Gasteiger partial charge on any atom is 0.335 e. The van der Waals surface area contributed by atoms with Crippen LogP contribution in [-0.4, -0.2) is 33.8 Å². The number of aromatic nitrogens is 1. The van der Waals surface area contributed by atoms with Gasteiger partial charge in [-0.1, -0.05) is 24.9 Å². The van der Waals surface area contributed by atoms with Gasteiger partial charge in [-0.2, -0.15) is 0 Å². The Labute approximate surface area is 104 Å². The third-order valence-electron chi connectivity index (χ3n) is 2.18. The molecule has 0 saturated heterocycles. The van der Waals surface area contributed by atoms with Crippen molar-refractivity contribution in [3.8, 4) is 0 Å². The summed E-state index contributed by atoms with van der Waals surface area (Å²) >= 11 is 5.69. The summed E-state index contributed by atoms with van der Waals surface area (Å²) in [5, 5.41) is 21.3. The molecule has 0 saturated carbocycles. The molecule has 0 fully saturated rings. The van der Waals surface area contributed by atoms with Gasteiger partial charge in [-0.05, 0) is 18.6 Å². The zero-order chi connectivity index (χ0) is 12.8. The maximum absolute atomic E-state index is 10.8. The summed E-state index contributed by atoms with van der Waals surface area (Å²) < 4.78 is 0. The highest BCUT2D eigenvalue weighted by Gasteiger charge is 2.08. The Kier molecular flexibility index (Phi) is 5.18. The van der Waals surface area contributed by atoms with Crippen molar-refractivity contribution in [2.24, 2.45) is 0 Å². The van der Waals surface area contributed by atoms with Crippen LogP contribution in [0.5, 0.6) is 0 Å². The Balaban J connectivity index is 2.68. The smallest absolute Gasteiger partial charge is 0.335 e. The molecule has 0 aliphatic rings. The lowest BCUT2D eigenvalue weighted by atomic mass is 10.2. The van der Waals surface area contributed by atoms with Gasteiger partial charge in [-0.15, -0.1) is 0 Å². The number of rotatable bonds is 6. The van der Waals surface area contributed by atoms with Crippen LogP contribution in [0.25, 0.3) is 0 Å². The van der Waals surface area contributed by atoms with Crippen LogP contribution in [0.2, 0.25) is 5.15 Å². The Morgan fingerprint density at radius 1 is 1.59 bits per heavy atom. The van der Waals surface area contributed by atoms with Crippen LogP contribution >= 0.6 is 11.6 Å². The maximum atomic E-state index is 10.8. The van der Waals surface area contributed by atoms with Gasteiger partial charge in [0.1, 0.15) is 11.0 Å². The zero-order valence-corrected chi connectivity index (χ0v) is 10.2. The largest absolute Gasteiger partial charge is 0.478 e. The fraction of sp³-hybridized carbons (Fsp3) is 0.455. The van der Waals surface area contributed by atoms with Crippen LogP contribution in [0, 0.1) is 0 Å². The second-order valence-electron chi connectivity index (χ2n) is 3.69. The van der Waals surface area contributed by atoms with E-state index in [1.807, 2.05) is 6.92 Å². The third kappa shape index (κ3) is 4.58. The number of carboxylic acid groups (broad SMARTS) is 1. The van der Waals surface area contributed by atoms with Crippen LogP contribution < -0.4 is 5.32 Å². The quantitative estimate of drug-likeness (QED) is 0.680. The van der Waals surface area contributed by atoms with E-state index in [2.05, 4.69) is 10.3 Å². The second kappa shape index (κ2) is 6.42. The number of aliphatic hydroxyl groups excluding tert-OH is 1. The highest BCUT2D eigenvalue weighted by Crippen LogP contribution is 2.14. The van der Waals surface area contributed by atoms with Gasteiger partial charge in [0.2, 0.25) is 0 Å². The van der Waals surface area contributed by atoms with Crippen molar-refractivity contribution in [3.05, 3.63) is 22.8 Å². The molecule has 0 aliphatic carbocycles. The lowest BCUT2D eigenvalue weighted by Crippen LogP contribution is -2.19. The Hall–Kier alpha value is -1.33. The van der Waals surface area contributed by atoms with Gasteiger partial charge in [-0.3, -0.25) is 0 Å². The normalized spacial score (nSPS) is 12.2. The number of pyridine rings is 1. The average Bonchev–Trinajstić information content (AvgIpc) is 2.26. The summed E-state index contributed by atoms with van der Waals surface area (Å²) in [6.07, 6.45) is 1.08. The summed E-state index contributed by atoms with van der Waals surface area (Å²) in [7, 11) is 0. The number of aromatic carboxylic acids is 1. The van der Waals surface area contributed by atoms with Gasteiger partial charge in [-0.25, -0.2) is 9.78 Å². The number of hydrogen-bond donors (Lipinski definition) is 3. The van der Waals surface area contributed by atoms with E-state index in [4.69, 9.17) is 16.7 Å². The first-order valence-corrected chi connectivity index (χ1v) is 5.73. The third-order valence-corrected chi connectivity index (χ3v) is 2.38. The average molecular weight is 259 g/mol. The molecule has 1 atom stereocenters. The van der Waals surface area contributed by atoms with E-state index >= 15 is 0 Å². The minimum Gasteiger partial charge on any atom is -0.478 e. The van der Waals surface area contributed by atoms with E-state index < -0.39 is 12.1 Å². The number of nitrogens with zero attached hydrogens (tertiary/aromatic N) is 1. The molecule has 0 radical (unpaired) electrons. The predicted octanol–water partition coefficient (Wildman–Crippen LogP) is 2.01. The van der Waals surface area contributed by atoms with Crippen molar-refractivity contribution in [1.82, 2.24) is 4.98 Å². The number of halogens is 1. The second-order valence-corrected chi connectivity index (χ2v) is 4.08. The molecule has 0 amide bonds. The number of aliphatic hydroxyl groups is 1. The number of carbonyl (C=O) groups is 1. The van der Waals surface area contributed by atoms with E-state index in [-0.39, 0.29) is 10.7 Å². The molecule has 17 heavy (non-hydrogen) atoms. The molecule has 0 aliphatic heterocycles. The van der Waals surface area contributed by atoms with Gasteiger partial charge in [0, 0.05) is 6.54 Å². The number of nitrogens with one attached hydrogen (secondary N) is 1. The standard InChI is InChI=1S/C11H15ClN2O3/c1-2-3-8(15)6-13-10-5-7(11(16)17)4-9(12)14-10/h4-5,8,15H,2-3,6H2,1H3,(H,13,14)(H,16,17). The van der Waals surface area contributed by atoms with Crippen molar-refractivity contribution in [3.63, 3.8) is 0 Å². The van der Waals surface area contributed by atoms with Crippen LogP contribution in [0.15, 0.2) is 12.1 Å². The number of carboxylic acids is 1. The van der Waals surface area contributed by atoms with Gasteiger partial charge >= 0.3 is 5.97 Å². The SMILES string of the molecule is CCCC(O)CNc1cc(C(=O)O)cc(Cl)n1. The minimum atomic E-state index is -1.06. The monoisotopic (exact) mass is 258 g/mol. The minimum absolute atomic E-state index is 0.0671. The molecule has 1 aromatic rings. The Morgan fingerprint density at radius 3 is 2.88 bits per heavy atom. The van der Waals surface area contributed by atoms with Crippen LogP contribution in [0.1, 0.15) is 30.1 Å². The highest BCUT2D eigenvalue weighted by molar-refractivity contribution is 6.29. The molecule has 0 bridgehead atoms. The van der Waals surface area contributed by atoms with Gasteiger partial charge < -0.3 is 15.5 Å². The molecule has 1 heterocycles. The first kappa shape index (κ1) is 13.7. The first-order chi connectivity index (χ1) is 8.02. The van der Waals surface area contributed by atoms with Crippen molar-refractivity contribution in [2.75, 3.05) is 11.9 Å². The summed E-state index contributed by atoms with van der Waals surface area (Å²) in [6.45, 7) is 2.30. The van der Waals surface area contributed by atoms with Crippen molar-refractivity contribution in [1.29, 1.82) is 0 Å². The first-order valence-electron chi connectivity index (χ1n) is 5.35. The van der Waals surface area contributed by atoms with Crippen molar-refractivity contribution in [2.45, 2.75) is 25.9 Å². The van der Waals surface area contributed by atoms with Gasteiger partial charge in [0.05, 0.1) is 11.7 Å². The Morgan fingerprint density at radius 2 is 2.29 bits per heavy atom. The van der Waals surface area contributed by atoms with E-state index in [1.54, 1.807) is 0 Å². The molecular formula is C11H15ClN2O3. The van der Waals surface area contributed by atoms with Crippen LogP contribution in [-0.2, 0) is 0 Å². The topological polar surface area (TPSA) is 82.5 Å². The number of anilines is 1. The molecule has 1 rings (SSSR count). The lowest BCUT2D eigenvalue weighted by Gasteiger charge is -2.11. The Bertz CT molecular complexity index is 398.